The van der Waals surface area contributed by atoms with Gasteiger partial charge in [-0.1, -0.05) is 18.2 Å². The summed E-state index contributed by atoms with van der Waals surface area (Å²) >= 11 is 0. The van der Waals surface area contributed by atoms with Crippen LogP contribution in [0.2, 0.25) is 0 Å². The van der Waals surface area contributed by atoms with Gasteiger partial charge in [0.25, 0.3) is 0 Å². The van der Waals surface area contributed by atoms with Gasteiger partial charge in [-0.15, -0.1) is 0 Å². The van der Waals surface area contributed by atoms with Gasteiger partial charge in [-0.05, 0) is 31.5 Å². The molecule has 2 rings (SSSR count). The van der Waals surface area contributed by atoms with Crippen LogP contribution in [0.15, 0.2) is 36.5 Å². The summed E-state index contributed by atoms with van der Waals surface area (Å²) in [5, 5.41) is 11.6. The molecule has 1 N–H and O–H groups in total. The minimum absolute atomic E-state index is 0.0262. The van der Waals surface area contributed by atoms with Gasteiger partial charge < -0.3 is 4.74 Å². The number of sulfone groups is 1. The van der Waals surface area contributed by atoms with Crippen molar-refractivity contribution in [2.24, 2.45) is 0 Å². The van der Waals surface area contributed by atoms with Gasteiger partial charge in [0.15, 0.2) is 9.84 Å². The Morgan fingerprint density at radius 1 is 1.32 bits per heavy atom. The Labute approximate surface area is 148 Å². The molecule has 0 aliphatic carbocycles. The molecule has 0 aliphatic heterocycles. The summed E-state index contributed by atoms with van der Waals surface area (Å²) in [4.78, 5) is 4.31. The topological polar surface area (TPSA) is 92.1 Å². The van der Waals surface area contributed by atoms with Gasteiger partial charge in [0.2, 0.25) is 0 Å². The van der Waals surface area contributed by atoms with Crippen LogP contribution in [0.5, 0.6) is 0 Å². The second kappa shape index (κ2) is 8.90. The first-order valence-corrected chi connectivity index (χ1v) is 9.91. The lowest BCUT2D eigenvalue weighted by molar-refractivity contribution is 0.0754. The molecule has 1 heterocycles. The van der Waals surface area contributed by atoms with Crippen LogP contribution in [0, 0.1) is 11.3 Å². The first-order chi connectivity index (χ1) is 11.9. The number of benzene rings is 1. The number of nitrogens with zero attached hydrogens (tertiary/aromatic N) is 2. The zero-order valence-corrected chi connectivity index (χ0v) is 15.3. The number of fused-ring (bicyclic) bond motifs is 1. The molecule has 0 saturated carbocycles. The minimum Gasteiger partial charge on any atom is -0.379 e. The fourth-order valence-electron chi connectivity index (χ4n) is 2.51. The van der Waals surface area contributed by atoms with Gasteiger partial charge in [-0.3, -0.25) is 10.3 Å². The Morgan fingerprint density at radius 2 is 2.08 bits per heavy atom. The maximum Gasteiger partial charge on any atom is 0.170 e. The largest absolute Gasteiger partial charge is 0.379 e. The molecular weight excluding hydrogens is 338 g/mol. The van der Waals surface area contributed by atoms with Crippen LogP contribution in [-0.4, -0.2) is 38.0 Å². The van der Waals surface area contributed by atoms with Crippen LogP contribution < -0.4 is 5.32 Å². The Hall–Kier alpha value is -2.01. The summed E-state index contributed by atoms with van der Waals surface area (Å²) in [6.07, 6.45) is 1.92. The van der Waals surface area contributed by atoms with Gasteiger partial charge in [-0.2, -0.15) is 5.26 Å². The zero-order valence-electron chi connectivity index (χ0n) is 14.5. The van der Waals surface area contributed by atoms with Crippen molar-refractivity contribution in [3.63, 3.8) is 0 Å². The highest BCUT2D eigenvalue weighted by Gasteiger charge is 2.25. The monoisotopic (exact) mass is 361 g/mol. The van der Waals surface area contributed by atoms with Crippen molar-refractivity contribution in [3.8, 4) is 6.07 Å². The second-order valence-corrected chi connectivity index (χ2v) is 8.26. The van der Waals surface area contributed by atoms with Crippen LogP contribution in [-0.2, 0) is 20.3 Å². The smallest absolute Gasteiger partial charge is 0.170 e. The number of nitriles is 1. The summed E-state index contributed by atoms with van der Waals surface area (Å²) in [5.74, 6) is -0.129. The molecule has 1 atom stereocenters. The van der Waals surface area contributed by atoms with Crippen LogP contribution in [0.4, 0.5) is 0 Å². The van der Waals surface area contributed by atoms with E-state index in [0.717, 1.165) is 10.9 Å². The summed E-state index contributed by atoms with van der Waals surface area (Å²) in [6, 6.07) is 11.3. The van der Waals surface area contributed by atoms with Crippen molar-refractivity contribution in [1.82, 2.24) is 10.3 Å². The predicted molar refractivity (Wildman–Crippen MR) is 97.5 cm³/mol. The normalized spacial score (nSPS) is 13.0. The van der Waals surface area contributed by atoms with Crippen LogP contribution in [0.1, 0.15) is 25.8 Å². The van der Waals surface area contributed by atoms with E-state index in [1.54, 1.807) is 6.20 Å². The highest BCUT2D eigenvalue weighted by molar-refractivity contribution is 7.91. The Bertz CT molecular complexity index is 844. The van der Waals surface area contributed by atoms with Gasteiger partial charge >= 0.3 is 0 Å². The molecule has 0 amide bonds. The highest BCUT2D eigenvalue weighted by Crippen LogP contribution is 2.17. The van der Waals surface area contributed by atoms with Gasteiger partial charge in [0.05, 0.1) is 30.0 Å². The third kappa shape index (κ3) is 5.78. The fraction of sp³-hybridized carbons (Fsp3) is 0.444. The average Bonchev–Trinajstić information content (AvgIpc) is 2.57. The number of rotatable bonds is 9. The third-order valence-electron chi connectivity index (χ3n) is 3.69. The van der Waals surface area contributed by atoms with E-state index >= 15 is 0 Å². The summed E-state index contributed by atoms with van der Waals surface area (Å²) in [7, 11) is -3.50. The molecule has 0 radical (unpaired) electrons. The SMILES string of the molecule is CC(C)OCCC(NCC#N)S(=O)(=O)Cc1cnc2ccccc2c1. The molecule has 1 aromatic carbocycles. The molecule has 1 aromatic heterocycles. The van der Waals surface area contributed by atoms with Crippen LogP contribution in [0.3, 0.4) is 0 Å². The van der Waals surface area contributed by atoms with Crippen molar-refractivity contribution >= 4 is 20.7 Å². The summed E-state index contributed by atoms with van der Waals surface area (Å²) in [5.41, 5.74) is 1.46. The van der Waals surface area contributed by atoms with E-state index < -0.39 is 15.2 Å². The molecule has 134 valence electrons. The van der Waals surface area contributed by atoms with E-state index in [0.29, 0.717) is 18.6 Å². The lowest BCUT2D eigenvalue weighted by Crippen LogP contribution is -2.39. The highest BCUT2D eigenvalue weighted by atomic mass is 32.2. The summed E-state index contributed by atoms with van der Waals surface area (Å²) in [6.45, 7) is 4.08. The van der Waals surface area contributed by atoms with Crippen LogP contribution in [0.25, 0.3) is 10.9 Å². The van der Waals surface area contributed by atoms with Crippen LogP contribution >= 0.6 is 0 Å². The Morgan fingerprint density at radius 3 is 2.80 bits per heavy atom. The molecule has 25 heavy (non-hydrogen) atoms. The number of para-hydroxylation sites is 1. The molecule has 0 saturated heterocycles. The van der Waals surface area contributed by atoms with Crippen molar-refractivity contribution in [1.29, 1.82) is 5.26 Å². The van der Waals surface area contributed by atoms with E-state index in [-0.39, 0.29) is 18.4 Å². The zero-order chi connectivity index (χ0) is 18.3. The lowest BCUT2D eigenvalue weighted by atomic mass is 10.2. The van der Waals surface area contributed by atoms with Crippen molar-refractivity contribution in [3.05, 3.63) is 42.1 Å². The molecule has 6 nitrogen and oxygen atoms in total. The lowest BCUT2D eigenvalue weighted by Gasteiger charge is -2.19. The standard InChI is InChI=1S/C18H23N3O3S/c1-14(2)24-10-7-18(20-9-8-19)25(22,23)13-15-11-16-5-3-4-6-17(16)21-12-15/h3-6,11-12,14,18,20H,7,9-10,13H2,1-2H3. The molecule has 0 bridgehead atoms. The van der Waals surface area contributed by atoms with E-state index in [4.69, 9.17) is 10.00 Å². The molecular formula is C18H23N3O3S. The Kier molecular flexibility index (Phi) is 6.88. The van der Waals surface area contributed by atoms with E-state index in [1.165, 1.54) is 0 Å². The minimum atomic E-state index is -3.50. The molecule has 0 spiro atoms. The first-order valence-electron chi connectivity index (χ1n) is 8.19. The second-order valence-electron chi connectivity index (χ2n) is 6.08. The van der Waals surface area contributed by atoms with Gasteiger partial charge in [0, 0.05) is 24.6 Å². The number of hydrogen-bond acceptors (Lipinski definition) is 6. The predicted octanol–water partition coefficient (Wildman–Crippen LogP) is 2.40. The molecule has 7 heteroatoms. The van der Waals surface area contributed by atoms with E-state index in [2.05, 4.69) is 10.3 Å². The van der Waals surface area contributed by atoms with E-state index in [1.807, 2.05) is 50.2 Å². The number of ether oxygens (including phenoxy) is 1. The van der Waals surface area contributed by atoms with Crippen molar-refractivity contribution in [2.75, 3.05) is 13.2 Å². The quantitative estimate of drug-likeness (QED) is 0.690. The number of aromatic nitrogens is 1. The molecule has 0 fully saturated rings. The molecule has 0 aliphatic rings. The average molecular weight is 361 g/mol. The number of hydrogen-bond donors (Lipinski definition) is 1. The van der Waals surface area contributed by atoms with E-state index in [9.17, 15) is 8.42 Å². The number of nitrogens with one attached hydrogen (secondary N) is 1. The molecule has 2 aromatic rings. The number of pyridine rings is 1. The third-order valence-corrected chi connectivity index (χ3v) is 5.69. The molecule has 1 unspecified atom stereocenters. The maximum absolute atomic E-state index is 12.8. The Balaban J connectivity index is 2.14. The fourth-order valence-corrected chi connectivity index (χ4v) is 4.12. The van der Waals surface area contributed by atoms with Gasteiger partial charge in [-0.25, -0.2) is 8.42 Å². The van der Waals surface area contributed by atoms with Crippen molar-refractivity contribution in [2.45, 2.75) is 37.5 Å². The first kappa shape index (κ1) is 19.3. The maximum atomic E-state index is 12.8. The van der Waals surface area contributed by atoms with Gasteiger partial charge in [0.1, 0.15) is 5.37 Å². The summed E-state index contributed by atoms with van der Waals surface area (Å²) < 4.78 is 31.0. The van der Waals surface area contributed by atoms with Crippen molar-refractivity contribution < 1.29 is 13.2 Å².